The number of hydrogen-bond acceptors (Lipinski definition) is 2. The second kappa shape index (κ2) is 3.64. The largest absolute Gasteiger partial charge is 0.464 e. The molecule has 0 amide bonds. The fourth-order valence-electron chi connectivity index (χ4n) is 1.29. The number of benzene rings is 1. The third-order valence-corrected chi connectivity index (χ3v) is 2.34. The van der Waals surface area contributed by atoms with Crippen LogP contribution in [0, 0.1) is 0 Å². The Morgan fingerprint density at radius 3 is 2.71 bits per heavy atom. The van der Waals surface area contributed by atoms with E-state index in [1.807, 2.05) is 12.1 Å². The van der Waals surface area contributed by atoms with Gasteiger partial charge in [-0.1, -0.05) is 41.4 Å². The van der Waals surface area contributed by atoms with Crippen LogP contribution in [0.3, 0.4) is 0 Å². The Kier molecular flexibility index (Phi) is 2.48. The van der Waals surface area contributed by atoms with E-state index in [4.69, 9.17) is 27.6 Å². The van der Waals surface area contributed by atoms with Gasteiger partial charge in [0.15, 0.2) is 10.6 Å². The molecule has 0 spiro atoms. The number of ketones is 1. The summed E-state index contributed by atoms with van der Waals surface area (Å²) in [6.07, 6.45) is 1.38. The molecule has 2 aromatic rings. The van der Waals surface area contributed by atoms with Gasteiger partial charge in [-0.15, -0.1) is 0 Å². The second-order valence-corrected chi connectivity index (χ2v) is 3.91. The molecule has 0 aliphatic heterocycles. The molecule has 0 N–H and O–H groups in total. The average molecular weight is 229 g/mol. The van der Waals surface area contributed by atoms with E-state index in [1.54, 1.807) is 12.1 Å². The zero-order valence-corrected chi connectivity index (χ0v) is 8.55. The van der Waals surface area contributed by atoms with E-state index in [9.17, 15) is 4.79 Å². The highest BCUT2D eigenvalue weighted by atomic mass is 35.5. The fourth-order valence-corrected chi connectivity index (χ4v) is 1.52. The minimum atomic E-state index is -1.05. The number of Topliss-reactive ketones (excluding diaryl/α,β-unsaturated/α-hetero) is 1. The predicted molar refractivity (Wildman–Crippen MR) is 56.0 cm³/mol. The number of fused-ring (bicyclic) bond motifs is 1. The lowest BCUT2D eigenvalue weighted by Gasteiger charge is -1.96. The van der Waals surface area contributed by atoms with Crippen molar-refractivity contribution in [3.05, 3.63) is 36.1 Å². The number of halogens is 2. The molecule has 0 bridgehead atoms. The lowest BCUT2D eigenvalue weighted by Crippen LogP contribution is -2.06. The topological polar surface area (TPSA) is 30.2 Å². The molecule has 2 nitrogen and oxygen atoms in total. The van der Waals surface area contributed by atoms with Gasteiger partial charge >= 0.3 is 0 Å². The number of furan rings is 1. The first-order valence-electron chi connectivity index (χ1n) is 3.99. The van der Waals surface area contributed by atoms with Crippen LogP contribution in [0.15, 0.2) is 34.9 Å². The van der Waals surface area contributed by atoms with E-state index in [2.05, 4.69) is 0 Å². The maximum absolute atomic E-state index is 11.5. The van der Waals surface area contributed by atoms with E-state index >= 15 is 0 Å². The van der Waals surface area contributed by atoms with Crippen molar-refractivity contribution in [3.8, 4) is 0 Å². The first-order chi connectivity index (χ1) is 6.70. The molecule has 0 aliphatic rings. The zero-order valence-electron chi connectivity index (χ0n) is 7.04. The molecular formula is C10H6Cl2O2. The summed E-state index contributed by atoms with van der Waals surface area (Å²) in [5.74, 6) is -0.335. The molecule has 14 heavy (non-hydrogen) atoms. The van der Waals surface area contributed by atoms with Gasteiger partial charge in [-0.3, -0.25) is 4.79 Å². The van der Waals surface area contributed by atoms with Crippen molar-refractivity contribution in [3.63, 3.8) is 0 Å². The van der Waals surface area contributed by atoms with E-state index in [-0.39, 0.29) is 5.78 Å². The predicted octanol–water partition coefficient (Wildman–Crippen LogP) is 3.42. The monoisotopic (exact) mass is 228 g/mol. The first kappa shape index (κ1) is 9.56. The summed E-state index contributed by atoms with van der Waals surface area (Å²) in [5.41, 5.74) is 1.08. The smallest absolute Gasteiger partial charge is 0.199 e. The Balaban J connectivity index is 2.58. The number of alkyl halides is 2. The first-order valence-corrected chi connectivity index (χ1v) is 4.86. The summed E-state index contributed by atoms with van der Waals surface area (Å²) in [7, 11) is 0. The van der Waals surface area contributed by atoms with Crippen LogP contribution in [0.4, 0.5) is 0 Å². The number of rotatable bonds is 2. The lowest BCUT2D eigenvalue weighted by molar-refractivity contribution is 0.101. The third-order valence-electron chi connectivity index (χ3n) is 1.94. The van der Waals surface area contributed by atoms with Crippen molar-refractivity contribution >= 4 is 40.0 Å². The van der Waals surface area contributed by atoms with Crippen molar-refractivity contribution in [1.82, 2.24) is 0 Å². The quantitative estimate of drug-likeness (QED) is 0.583. The van der Waals surface area contributed by atoms with Crippen LogP contribution < -0.4 is 0 Å². The lowest BCUT2D eigenvalue weighted by atomic mass is 10.1. The zero-order chi connectivity index (χ0) is 10.1. The maximum Gasteiger partial charge on any atom is 0.199 e. The highest BCUT2D eigenvalue weighted by Crippen LogP contribution is 2.23. The van der Waals surface area contributed by atoms with Crippen LogP contribution in [0.2, 0.25) is 0 Å². The Bertz CT molecular complexity index is 474. The normalized spacial score (nSPS) is 11.1. The third kappa shape index (κ3) is 1.51. The number of para-hydroxylation sites is 1. The second-order valence-electron chi connectivity index (χ2n) is 2.81. The van der Waals surface area contributed by atoms with Crippen molar-refractivity contribution < 1.29 is 9.21 Å². The van der Waals surface area contributed by atoms with Crippen LogP contribution in [-0.4, -0.2) is 10.6 Å². The molecule has 0 radical (unpaired) electrons. The Morgan fingerprint density at radius 2 is 2.00 bits per heavy atom. The summed E-state index contributed by atoms with van der Waals surface area (Å²) in [6.45, 7) is 0. The molecule has 0 aliphatic carbocycles. The standard InChI is InChI=1S/C10H6Cl2O2/c11-10(12)9(13)7-5-14-8-4-2-1-3-6(7)8/h1-5,10H. The molecule has 0 atom stereocenters. The molecule has 0 saturated heterocycles. The molecule has 2 rings (SSSR count). The van der Waals surface area contributed by atoms with E-state index in [1.165, 1.54) is 6.26 Å². The highest BCUT2D eigenvalue weighted by molar-refractivity contribution is 6.55. The van der Waals surface area contributed by atoms with Gasteiger partial charge in [0.1, 0.15) is 11.8 Å². The Hall–Kier alpha value is -0.990. The van der Waals surface area contributed by atoms with Crippen LogP contribution in [-0.2, 0) is 0 Å². The summed E-state index contributed by atoms with van der Waals surface area (Å²) in [6, 6.07) is 7.23. The molecule has 1 heterocycles. The SMILES string of the molecule is O=C(c1coc2ccccc12)C(Cl)Cl. The summed E-state index contributed by atoms with van der Waals surface area (Å²) in [5, 5.41) is 0.740. The van der Waals surface area contributed by atoms with Gasteiger partial charge < -0.3 is 4.42 Å². The van der Waals surface area contributed by atoms with Gasteiger partial charge in [-0.2, -0.15) is 0 Å². The van der Waals surface area contributed by atoms with Crippen LogP contribution in [0.25, 0.3) is 11.0 Å². The van der Waals surface area contributed by atoms with E-state index in [0.717, 1.165) is 5.39 Å². The summed E-state index contributed by atoms with van der Waals surface area (Å²) in [4.78, 5) is 10.5. The van der Waals surface area contributed by atoms with Gasteiger partial charge in [0, 0.05) is 5.39 Å². The maximum atomic E-state index is 11.5. The van der Waals surface area contributed by atoms with Crippen LogP contribution >= 0.6 is 23.2 Å². The molecular weight excluding hydrogens is 223 g/mol. The Labute approximate surface area is 90.4 Å². The molecule has 72 valence electrons. The van der Waals surface area contributed by atoms with Gasteiger partial charge in [-0.25, -0.2) is 0 Å². The van der Waals surface area contributed by atoms with Crippen molar-refractivity contribution in [2.45, 2.75) is 4.84 Å². The molecule has 0 unspecified atom stereocenters. The van der Waals surface area contributed by atoms with Gasteiger partial charge in [0.05, 0.1) is 5.56 Å². The fraction of sp³-hybridized carbons (Fsp3) is 0.100. The molecule has 1 aromatic heterocycles. The van der Waals surface area contributed by atoms with Gasteiger partial charge in [0.2, 0.25) is 0 Å². The van der Waals surface area contributed by atoms with E-state index < -0.39 is 4.84 Å². The number of carbonyl (C=O) groups is 1. The van der Waals surface area contributed by atoms with E-state index in [0.29, 0.717) is 11.1 Å². The molecule has 0 fully saturated rings. The molecule has 1 aromatic carbocycles. The van der Waals surface area contributed by atoms with Gasteiger partial charge in [0.25, 0.3) is 0 Å². The Morgan fingerprint density at radius 1 is 1.29 bits per heavy atom. The summed E-state index contributed by atoms with van der Waals surface area (Å²) < 4.78 is 5.18. The minimum absolute atomic E-state index is 0.335. The van der Waals surface area contributed by atoms with Crippen molar-refractivity contribution in [1.29, 1.82) is 0 Å². The number of carbonyl (C=O) groups excluding carboxylic acids is 1. The number of hydrogen-bond donors (Lipinski definition) is 0. The molecule has 4 heteroatoms. The highest BCUT2D eigenvalue weighted by Gasteiger charge is 2.18. The average Bonchev–Trinajstić information content (AvgIpc) is 2.60. The van der Waals surface area contributed by atoms with Crippen LogP contribution in [0.1, 0.15) is 10.4 Å². The van der Waals surface area contributed by atoms with Crippen LogP contribution in [0.5, 0.6) is 0 Å². The summed E-state index contributed by atoms with van der Waals surface area (Å²) >= 11 is 11.0. The van der Waals surface area contributed by atoms with Crippen molar-refractivity contribution in [2.75, 3.05) is 0 Å². The minimum Gasteiger partial charge on any atom is -0.464 e. The van der Waals surface area contributed by atoms with Gasteiger partial charge in [-0.05, 0) is 6.07 Å². The molecule has 0 saturated carbocycles. The van der Waals surface area contributed by atoms with Crippen molar-refractivity contribution in [2.24, 2.45) is 0 Å².